The molecule has 0 aromatic heterocycles. The maximum atomic E-state index is 11.3. The molecular weight excluding hydrogens is 316 g/mol. The van der Waals surface area contributed by atoms with E-state index in [-0.39, 0.29) is 6.61 Å². The molecule has 0 saturated heterocycles. The van der Waals surface area contributed by atoms with E-state index in [0.29, 0.717) is 11.5 Å². The number of ether oxygens (including phenoxy) is 4. The van der Waals surface area contributed by atoms with E-state index in [4.69, 9.17) is 9.47 Å². The summed E-state index contributed by atoms with van der Waals surface area (Å²) in [6, 6.07) is 4.97. The fourth-order valence-corrected chi connectivity index (χ4v) is 1.59. The van der Waals surface area contributed by atoms with Crippen molar-refractivity contribution in [1.29, 1.82) is 0 Å². The fraction of sp³-hybridized carbons (Fsp3) is 0.235. The maximum Gasteiger partial charge on any atom is 0.516 e. The first-order chi connectivity index (χ1) is 11.5. The third-order valence-electron chi connectivity index (χ3n) is 2.52. The largest absolute Gasteiger partial charge is 0.516 e. The molecule has 1 aromatic carbocycles. The Morgan fingerprint density at radius 1 is 1.12 bits per heavy atom. The molecule has 0 N–H and O–H groups in total. The van der Waals surface area contributed by atoms with Crippen molar-refractivity contribution < 1.29 is 33.3 Å². The quantitative estimate of drug-likeness (QED) is 0.260. The molecule has 0 saturated carbocycles. The van der Waals surface area contributed by atoms with Crippen molar-refractivity contribution in [2.75, 3.05) is 13.7 Å². The first-order valence-electron chi connectivity index (χ1n) is 7.06. The lowest BCUT2D eigenvalue weighted by molar-refractivity contribution is -0.134. The SMILES string of the molecule is CCOC(=O)OC(=O)/C=C/C=C/c1ccc(OC(C)=O)c(OC)c1. The van der Waals surface area contributed by atoms with Crippen molar-refractivity contribution >= 4 is 24.2 Å². The molecule has 0 heterocycles. The third-order valence-corrected chi connectivity index (χ3v) is 2.52. The minimum atomic E-state index is -1.04. The van der Waals surface area contributed by atoms with Crippen molar-refractivity contribution in [3.8, 4) is 11.5 Å². The van der Waals surface area contributed by atoms with E-state index in [2.05, 4.69) is 9.47 Å². The van der Waals surface area contributed by atoms with Crippen LogP contribution in [0.5, 0.6) is 11.5 Å². The summed E-state index contributed by atoms with van der Waals surface area (Å²) in [5.41, 5.74) is 0.756. The Bertz CT molecular complexity index is 659. The minimum absolute atomic E-state index is 0.126. The highest BCUT2D eigenvalue weighted by molar-refractivity contribution is 5.90. The summed E-state index contributed by atoms with van der Waals surface area (Å²) < 4.78 is 19.0. The number of benzene rings is 1. The topological polar surface area (TPSA) is 88.1 Å². The van der Waals surface area contributed by atoms with Gasteiger partial charge in [0.15, 0.2) is 11.5 Å². The monoisotopic (exact) mass is 334 g/mol. The molecule has 0 fully saturated rings. The summed E-state index contributed by atoms with van der Waals surface area (Å²) in [6.45, 7) is 3.03. The first-order valence-corrected chi connectivity index (χ1v) is 7.06. The number of esters is 2. The zero-order chi connectivity index (χ0) is 17.9. The first kappa shape index (κ1) is 19.0. The molecule has 0 amide bonds. The molecule has 1 aromatic rings. The van der Waals surface area contributed by atoms with Crippen LogP contribution in [-0.4, -0.2) is 31.8 Å². The number of carbonyl (C=O) groups excluding carboxylic acids is 3. The molecule has 128 valence electrons. The van der Waals surface area contributed by atoms with Crippen molar-refractivity contribution in [3.05, 3.63) is 42.0 Å². The van der Waals surface area contributed by atoms with Gasteiger partial charge in [0.25, 0.3) is 0 Å². The number of methoxy groups -OCH3 is 1. The Labute approximate surface area is 139 Å². The molecule has 1 rings (SSSR count). The third kappa shape index (κ3) is 6.78. The van der Waals surface area contributed by atoms with Gasteiger partial charge in [-0.15, -0.1) is 0 Å². The Morgan fingerprint density at radius 2 is 1.88 bits per heavy atom. The predicted octanol–water partition coefficient (Wildman–Crippen LogP) is 2.89. The van der Waals surface area contributed by atoms with Crippen LogP contribution in [0.1, 0.15) is 19.4 Å². The second-order valence-electron chi connectivity index (χ2n) is 4.33. The molecule has 0 bridgehead atoms. The van der Waals surface area contributed by atoms with E-state index in [1.54, 1.807) is 37.3 Å². The van der Waals surface area contributed by atoms with Crippen molar-refractivity contribution in [1.82, 2.24) is 0 Å². The Balaban J connectivity index is 2.67. The van der Waals surface area contributed by atoms with E-state index < -0.39 is 18.1 Å². The van der Waals surface area contributed by atoms with Gasteiger partial charge < -0.3 is 18.9 Å². The van der Waals surface area contributed by atoms with Gasteiger partial charge in [0.1, 0.15) is 0 Å². The van der Waals surface area contributed by atoms with Crippen LogP contribution in [0.4, 0.5) is 4.79 Å². The van der Waals surface area contributed by atoms with Gasteiger partial charge in [0.2, 0.25) is 0 Å². The number of carbonyl (C=O) groups is 3. The van der Waals surface area contributed by atoms with Crippen LogP contribution in [0.2, 0.25) is 0 Å². The van der Waals surface area contributed by atoms with E-state index in [9.17, 15) is 14.4 Å². The molecule has 24 heavy (non-hydrogen) atoms. The Hall–Kier alpha value is -3.09. The van der Waals surface area contributed by atoms with Crippen LogP contribution < -0.4 is 9.47 Å². The predicted molar refractivity (Wildman–Crippen MR) is 85.6 cm³/mol. The van der Waals surface area contributed by atoms with E-state index >= 15 is 0 Å². The summed E-state index contributed by atoms with van der Waals surface area (Å²) in [6.07, 6.45) is 4.72. The van der Waals surface area contributed by atoms with Crippen LogP contribution in [0.25, 0.3) is 6.08 Å². The van der Waals surface area contributed by atoms with E-state index in [1.165, 1.54) is 20.1 Å². The summed E-state index contributed by atoms with van der Waals surface area (Å²) >= 11 is 0. The number of allylic oxidation sites excluding steroid dienone is 2. The molecule has 0 unspecified atom stereocenters. The second kappa shape index (κ2) is 9.83. The van der Waals surface area contributed by atoms with Crippen LogP contribution in [0.15, 0.2) is 36.4 Å². The summed E-state index contributed by atoms with van der Waals surface area (Å²) in [5, 5.41) is 0. The normalized spacial score (nSPS) is 10.6. The van der Waals surface area contributed by atoms with Gasteiger partial charge in [-0.05, 0) is 24.6 Å². The second-order valence-corrected chi connectivity index (χ2v) is 4.33. The maximum absolute atomic E-state index is 11.3. The molecule has 0 aliphatic rings. The lowest BCUT2D eigenvalue weighted by Gasteiger charge is -2.08. The van der Waals surface area contributed by atoms with Gasteiger partial charge in [-0.1, -0.05) is 24.3 Å². The highest BCUT2D eigenvalue weighted by atomic mass is 16.7. The average molecular weight is 334 g/mol. The van der Waals surface area contributed by atoms with E-state index in [0.717, 1.165) is 11.6 Å². The van der Waals surface area contributed by atoms with Crippen LogP contribution in [0.3, 0.4) is 0 Å². The molecule has 0 aliphatic heterocycles. The molecule has 0 atom stereocenters. The van der Waals surface area contributed by atoms with Crippen molar-refractivity contribution in [2.24, 2.45) is 0 Å². The molecule has 7 nitrogen and oxygen atoms in total. The van der Waals surface area contributed by atoms with Crippen LogP contribution >= 0.6 is 0 Å². The fourth-order valence-electron chi connectivity index (χ4n) is 1.59. The van der Waals surface area contributed by atoms with Gasteiger partial charge in [-0.2, -0.15) is 0 Å². The van der Waals surface area contributed by atoms with Gasteiger partial charge in [0, 0.05) is 13.0 Å². The summed E-state index contributed by atoms with van der Waals surface area (Å²) in [4.78, 5) is 33.2. The average Bonchev–Trinajstić information content (AvgIpc) is 2.52. The highest BCUT2D eigenvalue weighted by Crippen LogP contribution is 2.28. The Morgan fingerprint density at radius 3 is 2.50 bits per heavy atom. The molecule has 7 heteroatoms. The lowest BCUT2D eigenvalue weighted by Crippen LogP contribution is -2.11. The number of rotatable bonds is 6. The zero-order valence-corrected chi connectivity index (χ0v) is 13.6. The van der Waals surface area contributed by atoms with Crippen molar-refractivity contribution in [3.63, 3.8) is 0 Å². The minimum Gasteiger partial charge on any atom is -0.493 e. The summed E-state index contributed by atoms with van der Waals surface area (Å²) in [5.74, 6) is -0.561. The zero-order valence-electron chi connectivity index (χ0n) is 13.6. The standard InChI is InChI=1S/C17H18O7/c1-4-22-17(20)24-16(19)8-6-5-7-13-9-10-14(23-12(2)18)15(11-13)21-3/h5-11H,4H2,1-3H3/b7-5+,8-6+. The number of hydrogen-bond acceptors (Lipinski definition) is 7. The van der Waals surface area contributed by atoms with Gasteiger partial charge in [-0.25, -0.2) is 9.59 Å². The van der Waals surface area contributed by atoms with E-state index in [1.807, 2.05) is 0 Å². The number of hydrogen-bond donors (Lipinski definition) is 0. The molecule has 0 radical (unpaired) electrons. The van der Waals surface area contributed by atoms with Crippen LogP contribution in [0, 0.1) is 0 Å². The highest BCUT2D eigenvalue weighted by Gasteiger charge is 2.07. The van der Waals surface area contributed by atoms with Gasteiger partial charge in [0.05, 0.1) is 13.7 Å². The molecule has 0 spiro atoms. The smallest absolute Gasteiger partial charge is 0.493 e. The van der Waals surface area contributed by atoms with Gasteiger partial charge >= 0.3 is 18.1 Å². The Kier molecular flexibility index (Phi) is 7.77. The molecular formula is C17H18O7. The lowest BCUT2D eigenvalue weighted by atomic mass is 10.2. The van der Waals surface area contributed by atoms with Gasteiger partial charge in [-0.3, -0.25) is 4.79 Å². The summed E-state index contributed by atoms with van der Waals surface area (Å²) in [7, 11) is 1.46. The molecule has 0 aliphatic carbocycles. The van der Waals surface area contributed by atoms with Crippen LogP contribution in [-0.2, 0) is 19.1 Å². The van der Waals surface area contributed by atoms with Crippen molar-refractivity contribution in [2.45, 2.75) is 13.8 Å².